The van der Waals surface area contributed by atoms with E-state index >= 15 is 8.78 Å². The third-order valence-electron chi connectivity index (χ3n) is 7.19. The molecule has 1 fully saturated rings. The van der Waals surface area contributed by atoms with Crippen LogP contribution in [0.1, 0.15) is 47.8 Å². The predicted octanol–water partition coefficient (Wildman–Crippen LogP) is 4.99. The molecule has 0 aromatic carbocycles. The Morgan fingerprint density at radius 3 is 2.15 bits per heavy atom. The molecule has 1 aromatic rings. The molecule has 0 saturated carbocycles. The van der Waals surface area contributed by atoms with Crippen LogP contribution in [0.3, 0.4) is 0 Å². The Morgan fingerprint density at radius 1 is 1.15 bits per heavy atom. The second-order valence-corrected chi connectivity index (χ2v) is 21.3. The lowest BCUT2D eigenvalue weighted by Gasteiger charge is -2.41. The second kappa shape index (κ2) is 9.12. The van der Waals surface area contributed by atoms with Crippen LogP contribution in [0.25, 0.3) is 0 Å². The van der Waals surface area contributed by atoms with Crippen molar-refractivity contribution in [2.75, 3.05) is 12.1 Å². The summed E-state index contributed by atoms with van der Waals surface area (Å²) in [5.41, 5.74) is 0.759. The van der Waals surface area contributed by atoms with Gasteiger partial charge in [0, 0.05) is 6.20 Å². The zero-order valence-corrected chi connectivity index (χ0v) is 23.3. The van der Waals surface area contributed by atoms with Crippen molar-refractivity contribution in [3.63, 3.8) is 0 Å². The van der Waals surface area contributed by atoms with E-state index in [0.29, 0.717) is 0 Å². The summed E-state index contributed by atoms with van der Waals surface area (Å²) in [5, 5.41) is 8.53. The van der Waals surface area contributed by atoms with Crippen LogP contribution in [-0.4, -0.2) is 56.1 Å². The highest BCUT2D eigenvalue weighted by atomic mass is 28.4. The van der Waals surface area contributed by atoms with Gasteiger partial charge in [0.1, 0.15) is 12.2 Å². The second-order valence-electron chi connectivity index (χ2n) is 11.7. The topological polar surface area (TPSA) is 94.8 Å². The van der Waals surface area contributed by atoms with Crippen molar-refractivity contribution in [1.82, 2.24) is 9.55 Å². The van der Waals surface area contributed by atoms with Gasteiger partial charge < -0.3 is 13.6 Å². The van der Waals surface area contributed by atoms with E-state index in [1.165, 1.54) is 6.07 Å². The fourth-order valence-corrected chi connectivity index (χ4v) is 5.21. The summed E-state index contributed by atoms with van der Waals surface area (Å²) in [7, 11) is -4.88. The first-order valence-electron chi connectivity index (χ1n) is 11.1. The molecule has 1 unspecified atom stereocenters. The van der Waals surface area contributed by atoms with Gasteiger partial charge in [0.15, 0.2) is 22.5 Å². The number of ether oxygens (including phenoxy) is 1. The quantitative estimate of drug-likeness (QED) is 0.397. The Morgan fingerprint density at radius 2 is 1.70 bits per heavy atom. The molecule has 2 heterocycles. The highest BCUT2D eigenvalue weighted by molar-refractivity contribution is 6.74. The number of nitrogens with one attached hydrogen (secondary N) is 1. The van der Waals surface area contributed by atoms with Crippen LogP contribution < -0.4 is 11.2 Å². The smallest absolute Gasteiger partial charge is 0.351 e. The summed E-state index contributed by atoms with van der Waals surface area (Å²) < 4.78 is 50.6. The van der Waals surface area contributed by atoms with Crippen molar-refractivity contribution >= 4 is 22.5 Å². The Kier molecular flexibility index (Phi) is 7.75. The van der Waals surface area contributed by atoms with Gasteiger partial charge in [-0.05, 0) is 42.3 Å². The fraction of sp³-hybridized carbons (Fsp3) is 0.810. The van der Waals surface area contributed by atoms with Gasteiger partial charge in [-0.2, -0.15) is 13.8 Å². The molecule has 1 saturated heterocycles. The van der Waals surface area contributed by atoms with Crippen molar-refractivity contribution < 1.29 is 27.6 Å². The van der Waals surface area contributed by atoms with E-state index in [2.05, 4.69) is 25.8 Å². The largest absolute Gasteiger partial charge is 0.414 e. The van der Waals surface area contributed by atoms with Crippen LogP contribution in [0.15, 0.2) is 17.1 Å². The molecule has 0 spiro atoms. The first-order chi connectivity index (χ1) is 14.7. The van der Waals surface area contributed by atoms with Gasteiger partial charge in [-0.3, -0.25) is 15.3 Å². The number of nitrogens with zero attached hydrogens (tertiary/aromatic N) is 2. The summed E-state index contributed by atoms with van der Waals surface area (Å²) in [6.45, 7) is 19.9. The molecule has 0 aliphatic carbocycles. The van der Waals surface area contributed by atoms with Crippen LogP contribution in [0.5, 0.6) is 0 Å². The van der Waals surface area contributed by atoms with E-state index in [0.717, 1.165) is 10.8 Å². The first-order valence-corrected chi connectivity index (χ1v) is 16.9. The molecular weight excluding hydrogens is 468 g/mol. The van der Waals surface area contributed by atoms with E-state index in [1.807, 2.05) is 47.0 Å². The molecule has 2 rings (SSSR count). The van der Waals surface area contributed by atoms with E-state index < -0.39 is 46.7 Å². The van der Waals surface area contributed by atoms with Gasteiger partial charge in [-0.15, -0.1) is 0 Å². The average molecular weight is 508 g/mol. The van der Waals surface area contributed by atoms with E-state index in [-0.39, 0.29) is 22.5 Å². The third kappa shape index (κ3) is 5.73. The van der Waals surface area contributed by atoms with Gasteiger partial charge in [-0.25, -0.2) is 4.79 Å². The van der Waals surface area contributed by atoms with Crippen LogP contribution in [0.2, 0.25) is 36.3 Å². The number of rotatable bonds is 7. The van der Waals surface area contributed by atoms with Crippen LogP contribution in [0.4, 0.5) is 14.6 Å². The minimum Gasteiger partial charge on any atom is -0.414 e. The SMILES string of the molecule is CC(C)(C)[Si](C)(C)OC[C@H]1O[C@@H](n2ccc(NO)nc2=O)C(F)(F)C1O[Si](C)(C)C(C)(C)C. The van der Waals surface area contributed by atoms with Gasteiger partial charge in [0.25, 0.3) is 0 Å². The Hall–Kier alpha value is -1.19. The highest BCUT2D eigenvalue weighted by Gasteiger charge is 2.63. The molecule has 33 heavy (non-hydrogen) atoms. The first kappa shape index (κ1) is 28.1. The number of hydrogen-bond acceptors (Lipinski definition) is 7. The normalized spacial score (nSPS) is 24.2. The number of halogens is 2. The molecular formula is C21H39F2N3O5Si2. The summed E-state index contributed by atoms with van der Waals surface area (Å²) in [6.07, 6.45) is -3.45. The van der Waals surface area contributed by atoms with E-state index in [9.17, 15) is 4.79 Å². The zero-order valence-electron chi connectivity index (χ0n) is 21.3. The Bertz CT molecular complexity index is 897. The van der Waals surface area contributed by atoms with Crippen molar-refractivity contribution in [3.05, 3.63) is 22.7 Å². The Balaban J connectivity index is 2.46. The van der Waals surface area contributed by atoms with E-state index in [1.54, 1.807) is 5.48 Å². The van der Waals surface area contributed by atoms with Gasteiger partial charge >= 0.3 is 11.6 Å². The molecule has 1 aliphatic rings. The van der Waals surface area contributed by atoms with Gasteiger partial charge in [-0.1, -0.05) is 41.5 Å². The lowest BCUT2D eigenvalue weighted by Crippen LogP contribution is -2.53. The molecule has 12 heteroatoms. The lowest BCUT2D eigenvalue weighted by molar-refractivity contribution is -0.138. The molecule has 1 aliphatic heterocycles. The third-order valence-corrected chi connectivity index (χ3v) is 16.1. The predicted molar refractivity (Wildman–Crippen MR) is 128 cm³/mol. The average Bonchev–Trinajstić information content (AvgIpc) is 2.88. The van der Waals surface area contributed by atoms with Crippen molar-refractivity contribution in [2.45, 2.75) is 102 Å². The summed E-state index contributed by atoms with van der Waals surface area (Å²) in [5.74, 6) is -3.67. The minimum atomic E-state index is -3.52. The molecule has 0 bridgehead atoms. The fourth-order valence-electron chi connectivity index (χ4n) is 2.90. The standard InChI is InChI=1S/C21H39F2N3O5Si2/c1-19(2,3)32(7,8)29-13-14-16(31-33(9,10)20(4,5)6)21(22,23)17(30-14)26-12-11-15(25-28)24-18(26)27/h11-12,14,16-17,28H,13H2,1-10H3,(H,24,25,27)/t14-,16?,17-/m1/s1. The highest BCUT2D eigenvalue weighted by Crippen LogP contribution is 2.48. The summed E-state index contributed by atoms with van der Waals surface area (Å²) in [4.78, 5) is 16.0. The number of aromatic nitrogens is 2. The molecule has 0 radical (unpaired) electrons. The van der Waals surface area contributed by atoms with Gasteiger partial charge in [0.2, 0.25) is 6.23 Å². The number of anilines is 1. The maximum Gasteiger partial charge on any atom is 0.351 e. The van der Waals surface area contributed by atoms with Crippen LogP contribution in [-0.2, 0) is 13.6 Å². The summed E-state index contributed by atoms with van der Waals surface area (Å²) in [6, 6.07) is 1.21. The van der Waals surface area contributed by atoms with Crippen LogP contribution >= 0.6 is 0 Å². The molecule has 1 aromatic heterocycles. The van der Waals surface area contributed by atoms with Crippen molar-refractivity contribution in [2.24, 2.45) is 0 Å². The monoisotopic (exact) mass is 507 g/mol. The molecule has 2 N–H and O–H groups in total. The molecule has 8 nitrogen and oxygen atoms in total. The summed E-state index contributed by atoms with van der Waals surface area (Å²) >= 11 is 0. The molecule has 0 amide bonds. The number of hydrogen-bond donors (Lipinski definition) is 2. The molecule has 190 valence electrons. The van der Waals surface area contributed by atoms with Gasteiger partial charge in [0.05, 0.1) is 6.61 Å². The van der Waals surface area contributed by atoms with Crippen molar-refractivity contribution in [1.29, 1.82) is 0 Å². The maximum atomic E-state index is 15.8. The number of alkyl halides is 2. The van der Waals surface area contributed by atoms with E-state index in [4.69, 9.17) is 18.8 Å². The lowest BCUT2D eigenvalue weighted by atomic mass is 10.1. The minimum absolute atomic E-state index is 0.0691. The maximum absolute atomic E-state index is 15.8. The Labute approximate surface area is 196 Å². The molecule has 3 atom stereocenters. The van der Waals surface area contributed by atoms with Crippen molar-refractivity contribution in [3.8, 4) is 0 Å². The zero-order chi connectivity index (χ0) is 25.6. The van der Waals surface area contributed by atoms with Crippen LogP contribution in [0, 0.1) is 0 Å².